The summed E-state index contributed by atoms with van der Waals surface area (Å²) in [4.78, 5) is 19.8. The molecule has 0 spiro atoms. The summed E-state index contributed by atoms with van der Waals surface area (Å²) in [6.45, 7) is 1.36. The van der Waals surface area contributed by atoms with E-state index in [1.54, 1.807) is 6.20 Å². The molecular weight excluding hydrogens is 372 g/mol. The molecular formula is C21H18N4O2S. The smallest absolute Gasteiger partial charge is 0.266 e. The minimum absolute atomic E-state index is 0.0499. The molecule has 1 aromatic carbocycles. The van der Waals surface area contributed by atoms with E-state index in [0.29, 0.717) is 24.0 Å². The van der Waals surface area contributed by atoms with Crippen LogP contribution in [0.3, 0.4) is 0 Å². The van der Waals surface area contributed by atoms with E-state index in [-0.39, 0.29) is 11.8 Å². The molecule has 0 saturated carbocycles. The normalized spacial score (nSPS) is 17.1. The molecule has 1 aliphatic heterocycles. The number of benzene rings is 1. The summed E-state index contributed by atoms with van der Waals surface area (Å²) >= 11 is 1.47. The first kappa shape index (κ1) is 17.1. The van der Waals surface area contributed by atoms with E-state index in [1.807, 2.05) is 52.7 Å². The van der Waals surface area contributed by atoms with Crippen LogP contribution in [0.15, 0.2) is 58.5 Å². The maximum absolute atomic E-state index is 12.7. The zero-order valence-corrected chi connectivity index (χ0v) is 15.9. The summed E-state index contributed by atoms with van der Waals surface area (Å²) in [6, 6.07) is 13.7. The monoisotopic (exact) mass is 390 g/mol. The van der Waals surface area contributed by atoms with E-state index in [9.17, 15) is 4.79 Å². The van der Waals surface area contributed by atoms with Gasteiger partial charge >= 0.3 is 0 Å². The number of likely N-dealkylation sites (tertiary alicyclic amines) is 1. The summed E-state index contributed by atoms with van der Waals surface area (Å²) in [5.41, 5.74) is 0.694. The lowest BCUT2D eigenvalue weighted by Crippen LogP contribution is -2.38. The van der Waals surface area contributed by atoms with Crippen molar-refractivity contribution in [3.8, 4) is 11.6 Å². The molecule has 1 atom stereocenters. The zero-order valence-electron chi connectivity index (χ0n) is 15.1. The van der Waals surface area contributed by atoms with Gasteiger partial charge in [-0.15, -0.1) is 21.5 Å². The third-order valence-electron chi connectivity index (χ3n) is 5.11. The van der Waals surface area contributed by atoms with E-state index in [1.165, 1.54) is 11.3 Å². The van der Waals surface area contributed by atoms with Gasteiger partial charge in [0.2, 0.25) is 5.89 Å². The number of rotatable bonds is 3. The van der Waals surface area contributed by atoms with Crippen LogP contribution >= 0.6 is 11.3 Å². The molecule has 1 aliphatic rings. The van der Waals surface area contributed by atoms with Crippen molar-refractivity contribution in [2.75, 3.05) is 13.1 Å². The van der Waals surface area contributed by atoms with Gasteiger partial charge < -0.3 is 9.32 Å². The fourth-order valence-corrected chi connectivity index (χ4v) is 4.40. The number of piperidine rings is 1. The van der Waals surface area contributed by atoms with Gasteiger partial charge in [-0.2, -0.15) is 0 Å². The second-order valence-electron chi connectivity index (χ2n) is 6.89. The fraction of sp³-hybridized carbons (Fsp3) is 0.238. The maximum atomic E-state index is 12.7. The number of carbonyl (C=O) groups excluding carboxylic acids is 1. The molecule has 1 amide bonds. The summed E-state index contributed by atoms with van der Waals surface area (Å²) in [7, 11) is 0. The number of aromatic nitrogens is 3. The number of fused-ring (bicyclic) bond motifs is 1. The molecule has 4 heterocycles. The molecule has 0 radical (unpaired) electrons. The van der Waals surface area contributed by atoms with Crippen molar-refractivity contribution in [1.82, 2.24) is 20.1 Å². The van der Waals surface area contributed by atoms with Crippen LogP contribution in [0.1, 0.15) is 34.3 Å². The first-order valence-electron chi connectivity index (χ1n) is 9.30. The van der Waals surface area contributed by atoms with Crippen LogP contribution < -0.4 is 0 Å². The number of pyridine rings is 1. The van der Waals surface area contributed by atoms with Crippen LogP contribution in [0, 0.1) is 0 Å². The summed E-state index contributed by atoms with van der Waals surface area (Å²) in [5.74, 6) is 1.13. The van der Waals surface area contributed by atoms with Gasteiger partial charge in [0.15, 0.2) is 0 Å². The Bertz CT molecular complexity index is 1120. The van der Waals surface area contributed by atoms with Gasteiger partial charge in [0, 0.05) is 24.7 Å². The van der Waals surface area contributed by atoms with Gasteiger partial charge in [-0.1, -0.05) is 30.3 Å². The quantitative estimate of drug-likeness (QED) is 0.519. The Labute approximate surface area is 165 Å². The first-order valence-corrected chi connectivity index (χ1v) is 10.2. The van der Waals surface area contributed by atoms with E-state index < -0.39 is 0 Å². The molecule has 1 saturated heterocycles. The molecule has 0 aliphatic carbocycles. The number of hydrogen-bond acceptors (Lipinski definition) is 6. The predicted molar refractivity (Wildman–Crippen MR) is 107 cm³/mol. The third kappa shape index (κ3) is 3.07. The van der Waals surface area contributed by atoms with Crippen molar-refractivity contribution < 1.29 is 9.21 Å². The molecule has 7 heteroatoms. The highest BCUT2D eigenvalue weighted by molar-refractivity contribution is 7.12. The summed E-state index contributed by atoms with van der Waals surface area (Å²) < 4.78 is 6.02. The lowest BCUT2D eigenvalue weighted by atomic mass is 9.98. The molecule has 1 fully saturated rings. The molecule has 0 N–H and O–H groups in total. The Balaban J connectivity index is 1.40. The SMILES string of the molecule is O=C(c1cccs1)N1CCC[C@@H](c2nnc(-c3nccc4ccccc34)o2)C1. The Morgan fingerprint density at radius 2 is 2.07 bits per heavy atom. The second kappa shape index (κ2) is 7.16. The molecule has 0 bridgehead atoms. The van der Waals surface area contributed by atoms with Gasteiger partial charge in [0.25, 0.3) is 11.8 Å². The van der Waals surface area contributed by atoms with E-state index in [0.717, 1.165) is 35.0 Å². The number of nitrogens with zero attached hydrogens (tertiary/aromatic N) is 4. The number of thiophene rings is 1. The van der Waals surface area contributed by atoms with Gasteiger partial charge in [-0.05, 0) is 35.7 Å². The minimum Gasteiger partial charge on any atom is -0.419 e. The van der Waals surface area contributed by atoms with Crippen molar-refractivity contribution in [3.63, 3.8) is 0 Å². The molecule has 0 unspecified atom stereocenters. The minimum atomic E-state index is 0.0499. The van der Waals surface area contributed by atoms with Gasteiger partial charge in [0.05, 0.1) is 10.8 Å². The molecule has 3 aromatic heterocycles. The largest absolute Gasteiger partial charge is 0.419 e. The van der Waals surface area contributed by atoms with Gasteiger partial charge in [0.1, 0.15) is 5.69 Å². The average molecular weight is 390 g/mol. The van der Waals surface area contributed by atoms with Crippen molar-refractivity contribution in [1.29, 1.82) is 0 Å². The molecule has 140 valence electrons. The van der Waals surface area contributed by atoms with Crippen LogP contribution in [0.4, 0.5) is 0 Å². The lowest BCUT2D eigenvalue weighted by molar-refractivity contribution is 0.0703. The Morgan fingerprint density at radius 3 is 2.96 bits per heavy atom. The van der Waals surface area contributed by atoms with E-state index in [2.05, 4.69) is 15.2 Å². The van der Waals surface area contributed by atoms with Gasteiger partial charge in [-0.3, -0.25) is 9.78 Å². The third-order valence-corrected chi connectivity index (χ3v) is 5.96. The Morgan fingerprint density at radius 1 is 1.14 bits per heavy atom. The van der Waals surface area contributed by atoms with Crippen LogP contribution in [-0.4, -0.2) is 39.1 Å². The van der Waals surface area contributed by atoms with Crippen molar-refractivity contribution >= 4 is 28.0 Å². The van der Waals surface area contributed by atoms with Crippen LogP contribution in [0.25, 0.3) is 22.4 Å². The van der Waals surface area contributed by atoms with Crippen LogP contribution in [0.2, 0.25) is 0 Å². The lowest BCUT2D eigenvalue weighted by Gasteiger charge is -2.30. The predicted octanol–water partition coefficient (Wildman–Crippen LogP) is 4.37. The second-order valence-corrected chi connectivity index (χ2v) is 7.84. The highest BCUT2D eigenvalue weighted by Gasteiger charge is 2.29. The topological polar surface area (TPSA) is 72.1 Å². The molecule has 6 nitrogen and oxygen atoms in total. The maximum Gasteiger partial charge on any atom is 0.266 e. The summed E-state index contributed by atoms with van der Waals surface area (Å²) in [6.07, 6.45) is 3.61. The highest BCUT2D eigenvalue weighted by Crippen LogP contribution is 2.31. The highest BCUT2D eigenvalue weighted by atomic mass is 32.1. The Kier molecular flexibility index (Phi) is 4.37. The number of hydrogen-bond donors (Lipinski definition) is 0. The van der Waals surface area contributed by atoms with Crippen molar-refractivity contribution in [3.05, 3.63) is 64.8 Å². The average Bonchev–Trinajstić information content (AvgIpc) is 3.45. The standard InChI is InChI=1S/C21H18N4O2S/c26-21(17-8-4-12-28-17)25-11-3-6-15(13-25)19-23-24-20(27-19)18-16-7-2-1-5-14(16)9-10-22-18/h1-2,4-5,7-10,12,15H,3,6,11,13H2/t15-/m1/s1. The number of carbonyl (C=O) groups is 1. The van der Waals surface area contributed by atoms with Crippen molar-refractivity contribution in [2.24, 2.45) is 0 Å². The molecule has 5 rings (SSSR count). The van der Waals surface area contributed by atoms with E-state index in [4.69, 9.17) is 4.42 Å². The van der Waals surface area contributed by atoms with Crippen LogP contribution in [0.5, 0.6) is 0 Å². The molecule has 28 heavy (non-hydrogen) atoms. The Hall–Kier alpha value is -3.06. The summed E-state index contributed by atoms with van der Waals surface area (Å²) in [5, 5.41) is 12.5. The van der Waals surface area contributed by atoms with Gasteiger partial charge in [-0.25, -0.2) is 0 Å². The first-order chi connectivity index (χ1) is 13.8. The zero-order chi connectivity index (χ0) is 18.9. The number of amides is 1. The fourth-order valence-electron chi connectivity index (χ4n) is 3.70. The molecule has 4 aromatic rings. The van der Waals surface area contributed by atoms with Crippen molar-refractivity contribution in [2.45, 2.75) is 18.8 Å². The van der Waals surface area contributed by atoms with E-state index >= 15 is 0 Å². The van der Waals surface area contributed by atoms with Crippen LogP contribution in [-0.2, 0) is 0 Å².